The summed E-state index contributed by atoms with van der Waals surface area (Å²) >= 11 is 0. The standard InChI is InChI=1S/C18H21N5O8/c1-7(24)21-18-14-12(19-6-20-18)13(22-23-14)16-17(30-10(4)27)15(29-9(3)26)11(31-16)5-28-8(2)25/h6,11,15-17H,5H2,1-4H3,(H,22,23)(H,19,20,21,24)/t11-,15-,16+,17-/m1/s1. The number of aromatic amines is 1. The van der Waals surface area contributed by atoms with Crippen LogP contribution in [0.1, 0.15) is 39.5 Å². The van der Waals surface area contributed by atoms with Gasteiger partial charge in [0.1, 0.15) is 30.7 Å². The van der Waals surface area contributed by atoms with Crippen LogP contribution in [0.25, 0.3) is 11.0 Å². The first-order chi connectivity index (χ1) is 14.7. The zero-order valence-electron chi connectivity index (χ0n) is 17.2. The molecule has 13 heteroatoms. The number of hydrogen-bond donors (Lipinski definition) is 2. The third-order valence-electron chi connectivity index (χ3n) is 4.31. The van der Waals surface area contributed by atoms with Gasteiger partial charge in [0, 0.05) is 27.7 Å². The molecule has 0 saturated carbocycles. The lowest BCUT2D eigenvalue weighted by Gasteiger charge is -2.23. The summed E-state index contributed by atoms with van der Waals surface area (Å²) in [6.07, 6.45) is -2.82. The fourth-order valence-corrected chi connectivity index (χ4v) is 3.26. The van der Waals surface area contributed by atoms with Crippen molar-refractivity contribution in [2.45, 2.75) is 52.1 Å². The van der Waals surface area contributed by atoms with E-state index in [9.17, 15) is 19.2 Å². The lowest BCUT2D eigenvalue weighted by molar-refractivity contribution is -0.165. The summed E-state index contributed by atoms with van der Waals surface area (Å²) in [6.45, 7) is 4.70. The normalized spacial score (nSPS) is 22.7. The van der Waals surface area contributed by atoms with Gasteiger partial charge >= 0.3 is 17.9 Å². The van der Waals surface area contributed by atoms with Crippen molar-refractivity contribution in [2.24, 2.45) is 0 Å². The second-order valence-electron chi connectivity index (χ2n) is 6.78. The number of carbonyl (C=O) groups is 4. The minimum Gasteiger partial charge on any atom is -0.463 e. The summed E-state index contributed by atoms with van der Waals surface area (Å²) in [6, 6.07) is 0. The molecule has 4 atom stereocenters. The number of aromatic nitrogens is 4. The average molecular weight is 435 g/mol. The fraction of sp³-hybridized carbons (Fsp3) is 0.500. The van der Waals surface area contributed by atoms with Crippen LogP contribution in [-0.4, -0.2) is 68.9 Å². The summed E-state index contributed by atoms with van der Waals surface area (Å²) in [7, 11) is 0. The van der Waals surface area contributed by atoms with Crippen molar-refractivity contribution < 1.29 is 38.1 Å². The van der Waals surface area contributed by atoms with Gasteiger partial charge in [-0.2, -0.15) is 5.10 Å². The number of H-pyrrole nitrogens is 1. The summed E-state index contributed by atoms with van der Waals surface area (Å²) in [5, 5.41) is 9.45. The molecule has 0 unspecified atom stereocenters. The lowest BCUT2D eigenvalue weighted by Crippen LogP contribution is -2.40. The third-order valence-corrected chi connectivity index (χ3v) is 4.31. The molecule has 0 spiro atoms. The lowest BCUT2D eigenvalue weighted by atomic mass is 10.0. The maximum absolute atomic E-state index is 11.8. The largest absolute Gasteiger partial charge is 0.463 e. The Morgan fingerprint density at radius 2 is 1.68 bits per heavy atom. The van der Waals surface area contributed by atoms with Gasteiger partial charge in [0.2, 0.25) is 5.91 Å². The summed E-state index contributed by atoms with van der Waals surface area (Å²) in [5.74, 6) is -2.01. The van der Waals surface area contributed by atoms with Crippen molar-refractivity contribution in [1.29, 1.82) is 0 Å². The maximum atomic E-state index is 11.8. The molecule has 0 aliphatic carbocycles. The van der Waals surface area contributed by atoms with Gasteiger partial charge in [0.05, 0.1) is 5.69 Å². The number of nitrogens with zero attached hydrogens (tertiary/aromatic N) is 3. The van der Waals surface area contributed by atoms with Gasteiger partial charge in [-0.1, -0.05) is 0 Å². The summed E-state index contributed by atoms with van der Waals surface area (Å²) in [5.41, 5.74) is 0.860. The quantitative estimate of drug-likeness (QED) is 0.468. The van der Waals surface area contributed by atoms with E-state index in [0.717, 1.165) is 0 Å². The van der Waals surface area contributed by atoms with Crippen molar-refractivity contribution in [3.63, 3.8) is 0 Å². The van der Waals surface area contributed by atoms with Crippen LogP contribution in [0.15, 0.2) is 6.33 Å². The van der Waals surface area contributed by atoms with Crippen molar-refractivity contribution in [2.75, 3.05) is 11.9 Å². The minimum atomic E-state index is -1.08. The molecule has 0 bridgehead atoms. The Morgan fingerprint density at radius 3 is 2.29 bits per heavy atom. The molecule has 1 amide bonds. The number of amides is 1. The third kappa shape index (κ3) is 4.94. The molecule has 0 aromatic carbocycles. The smallest absolute Gasteiger partial charge is 0.303 e. The molecule has 3 rings (SSSR count). The highest BCUT2D eigenvalue weighted by molar-refractivity contribution is 5.96. The molecular formula is C18H21N5O8. The predicted molar refractivity (Wildman–Crippen MR) is 101 cm³/mol. The van der Waals surface area contributed by atoms with Crippen LogP contribution in [0, 0.1) is 0 Å². The Kier molecular flexibility index (Phi) is 6.44. The monoisotopic (exact) mass is 435 g/mol. The number of rotatable bonds is 6. The van der Waals surface area contributed by atoms with E-state index < -0.39 is 42.3 Å². The molecule has 1 saturated heterocycles. The van der Waals surface area contributed by atoms with Gasteiger partial charge in [-0.25, -0.2) is 9.97 Å². The van der Waals surface area contributed by atoms with Gasteiger partial charge < -0.3 is 24.3 Å². The number of esters is 3. The van der Waals surface area contributed by atoms with Crippen LogP contribution in [0.5, 0.6) is 0 Å². The first kappa shape index (κ1) is 22.1. The Balaban J connectivity index is 2.02. The Bertz CT molecular complexity index is 1020. The molecule has 1 aliphatic rings. The molecule has 2 N–H and O–H groups in total. The van der Waals surface area contributed by atoms with Crippen LogP contribution >= 0.6 is 0 Å². The van der Waals surface area contributed by atoms with Crippen LogP contribution in [0.3, 0.4) is 0 Å². The topological polar surface area (TPSA) is 172 Å². The second-order valence-corrected chi connectivity index (χ2v) is 6.78. The van der Waals surface area contributed by atoms with Crippen molar-refractivity contribution in [3.05, 3.63) is 12.0 Å². The molecule has 13 nitrogen and oxygen atoms in total. The molecule has 2 aromatic rings. The SMILES string of the molecule is CC(=O)Nc1ncnc2c([C@@H]3O[C@H](COC(C)=O)[C@@H](OC(C)=O)[C@H]3OC(C)=O)[nH]nc12. The van der Waals surface area contributed by atoms with Gasteiger partial charge in [-0.15, -0.1) is 0 Å². The van der Waals surface area contributed by atoms with Crippen LogP contribution in [0.2, 0.25) is 0 Å². The number of ether oxygens (including phenoxy) is 4. The number of hydrogen-bond acceptors (Lipinski definition) is 11. The zero-order valence-corrected chi connectivity index (χ0v) is 17.2. The van der Waals surface area contributed by atoms with E-state index in [0.29, 0.717) is 11.2 Å². The van der Waals surface area contributed by atoms with Gasteiger partial charge in [-0.05, 0) is 0 Å². The van der Waals surface area contributed by atoms with E-state index in [1.54, 1.807) is 0 Å². The maximum Gasteiger partial charge on any atom is 0.303 e. The van der Waals surface area contributed by atoms with Gasteiger partial charge in [0.15, 0.2) is 23.5 Å². The number of fused-ring (bicyclic) bond motifs is 1. The van der Waals surface area contributed by atoms with Gasteiger partial charge in [0.25, 0.3) is 0 Å². The Hall–Kier alpha value is -3.61. The Labute approximate surface area is 175 Å². The van der Waals surface area contributed by atoms with Crippen molar-refractivity contribution >= 4 is 40.7 Å². The molecule has 166 valence electrons. The highest BCUT2D eigenvalue weighted by atomic mass is 16.6. The minimum absolute atomic E-state index is 0.176. The van der Waals surface area contributed by atoms with Crippen LogP contribution < -0.4 is 5.32 Å². The molecule has 0 radical (unpaired) electrons. The number of nitrogens with one attached hydrogen (secondary N) is 2. The summed E-state index contributed by atoms with van der Waals surface area (Å²) in [4.78, 5) is 54.3. The van der Waals surface area contributed by atoms with Gasteiger partial charge in [-0.3, -0.25) is 24.3 Å². The molecule has 1 fully saturated rings. The molecule has 1 aliphatic heterocycles. The van der Waals surface area contributed by atoms with E-state index in [4.69, 9.17) is 18.9 Å². The highest BCUT2D eigenvalue weighted by Gasteiger charge is 2.51. The van der Waals surface area contributed by atoms with Crippen LogP contribution in [-0.2, 0) is 38.1 Å². The predicted octanol–water partition coefficient (Wildman–Crippen LogP) is 0.178. The first-order valence-corrected chi connectivity index (χ1v) is 9.27. The molecule has 31 heavy (non-hydrogen) atoms. The van der Waals surface area contributed by atoms with E-state index in [-0.39, 0.29) is 23.8 Å². The molecule has 2 aromatic heterocycles. The second kappa shape index (κ2) is 9.04. The Morgan fingerprint density at radius 1 is 1.00 bits per heavy atom. The van der Waals surface area contributed by atoms with Crippen molar-refractivity contribution in [1.82, 2.24) is 20.2 Å². The van der Waals surface area contributed by atoms with E-state index in [1.165, 1.54) is 34.0 Å². The van der Waals surface area contributed by atoms with E-state index in [1.807, 2.05) is 0 Å². The average Bonchev–Trinajstić information content (AvgIpc) is 3.22. The number of carbonyl (C=O) groups excluding carboxylic acids is 4. The first-order valence-electron chi connectivity index (χ1n) is 9.27. The molecule has 3 heterocycles. The fourth-order valence-electron chi connectivity index (χ4n) is 3.26. The molecular weight excluding hydrogens is 414 g/mol. The van der Waals surface area contributed by atoms with E-state index in [2.05, 4.69) is 25.5 Å². The van der Waals surface area contributed by atoms with Crippen LogP contribution in [0.4, 0.5) is 5.82 Å². The number of anilines is 1. The van der Waals surface area contributed by atoms with E-state index >= 15 is 0 Å². The summed E-state index contributed by atoms with van der Waals surface area (Å²) < 4.78 is 21.7. The van der Waals surface area contributed by atoms with Crippen molar-refractivity contribution in [3.8, 4) is 0 Å². The highest BCUT2D eigenvalue weighted by Crippen LogP contribution is 2.39. The zero-order chi connectivity index (χ0) is 22.7.